The van der Waals surface area contributed by atoms with Crippen LogP contribution in [0.2, 0.25) is 0 Å². The molecular formula is C9H15N3O2. The molecule has 5 nitrogen and oxygen atoms in total. The topological polar surface area (TPSA) is 67.2 Å². The molecule has 5 heteroatoms. The molecule has 0 bridgehead atoms. The molecule has 0 aromatic heterocycles. The van der Waals surface area contributed by atoms with Crippen LogP contribution in [0.4, 0.5) is 0 Å². The highest BCUT2D eigenvalue weighted by molar-refractivity contribution is 4.97. The lowest BCUT2D eigenvalue weighted by molar-refractivity contribution is -0.0753. The van der Waals surface area contributed by atoms with E-state index >= 15 is 0 Å². The third-order valence-electron chi connectivity index (χ3n) is 3.27. The number of hydrogen-bond acceptors (Lipinski definition) is 3. The van der Waals surface area contributed by atoms with E-state index in [2.05, 4.69) is 16.9 Å². The van der Waals surface area contributed by atoms with Gasteiger partial charge in [-0.1, -0.05) is 5.11 Å². The number of azide groups is 1. The van der Waals surface area contributed by atoms with Gasteiger partial charge >= 0.3 is 0 Å². The third-order valence-corrected chi connectivity index (χ3v) is 3.27. The van der Waals surface area contributed by atoms with Crippen LogP contribution in [0.25, 0.3) is 10.4 Å². The minimum absolute atomic E-state index is 0.0877. The Morgan fingerprint density at radius 1 is 1.57 bits per heavy atom. The van der Waals surface area contributed by atoms with E-state index in [0.29, 0.717) is 6.54 Å². The minimum atomic E-state index is -0.0877. The molecular weight excluding hydrogens is 182 g/mol. The maximum absolute atomic E-state index is 8.21. The summed E-state index contributed by atoms with van der Waals surface area (Å²) < 4.78 is 11.4. The molecule has 0 aliphatic carbocycles. The predicted molar refractivity (Wildman–Crippen MR) is 50.9 cm³/mol. The zero-order valence-electron chi connectivity index (χ0n) is 8.35. The Hall–Kier alpha value is -0.770. The molecule has 2 rings (SSSR count). The molecule has 0 aromatic rings. The van der Waals surface area contributed by atoms with Crippen LogP contribution in [0.1, 0.15) is 26.2 Å². The van der Waals surface area contributed by atoms with E-state index in [9.17, 15) is 0 Å². The molecule has 2 aliphatic rings. The summed E-state index contributed by atoms with van der Waals surface area (Å²) in [7, 11) is 0. The van der Waals surface area contributed by atoms with Crippen molar-refractivity contribution in [2.45, 2.75) is 44.0 Å². The van der Waals surface area contributed by atoms with E-state index in [0.717, 1.165) is 25.9 Å². The summed E-state index contributed by atoms with van der Waals surface area (Å²) in [4.78, 5) is 2.75. The van der Waals surface area contributed by atoms with Crippen LogP contribution in [0.15, 0.2) is 5.11 Å². The fourth-order valence-electron chi connectivity index (χ4n) is 2.36. The van der Waals surface area contributed by atoms with Crippen molar-refractivity contribution in [3.63, 3.8) is 0 Å². The lowest BCUT2D eigenvalue weighted by atomic mass is 9.93. The first-order valence-corrected chi connectivity index (χ1v) is 5.07. The van der Waals surface area contributed by atoms with Crippen molar-refractivity contribution in [3.05, 3.63) is 10.4 Å². The SMILES string of the molecule is C[C@@H]1OCC[C@]12CC[C@H](CN=[N+]=[N-])O2. The number of nitrogens with zero attached hydrogens (tertiary/aromatic N) is 3. The van der Waals surface area contributed by atoms with E-state index < -0.39 is 0 Å². The van der Waals surface area contributed by atoms with Gasteiger partial charge < -0.3 is 9.47 Å². The first kappa shape index (κ1) is 9.77. The molecule has 2 fully saturated rings. The molecule has 78 valence electrons. The molecule has 1 spiro atoms. The van der Waals surface area contributed by atoms with E-state index in [1.165, 1.54) is 0 Å². The van der Waals surface area contributed by atoms with Crippen LogP contribution in [0.3, 0.4) is 0 Å². The van der Waals surface area contributed by atoms with E-state index in [1.54, 1.807) is 0 Å². The lowest BCUT2D eigenvalue weighted by Gasteiger charge is -2.27. The molecule has 0 N–H and O–H groups in total. The molecule has 0 aromatic carbocycles. The molecule has 0 unspecified atom stereocenters. The van der Waals surface area contributed by atoms with Crippen molar-refractivity contribution >= 4 is 0 Å². The predicted octanol–water partition coefficient (Wildman–Crippen LogP) is 2.02. The van der Waals surface area contributed by atoms with Gasteiger partial charge in [0.1, 0.15) is 0 Å². The Labute approximate surface area is 83.0 Å². The zero-order valence-corrected chi connectivity index (χ0v) is 8.35. The highest BCUT2D eigenvalue weighted by atomic mass is 16.6. The summed E-state index contributed by atoms with van der Waals surface area (Å²) in [5, 5.41) is 3.55. The van der Waals surface area contributed by atoms with Crippen molar-refractivity contribution in [3.8, 4) is 0 Å². The minimum Gasteiger partial charge on any atom is -0.375 e. The van der Waals surface area contributed by atoms with Crippen LogP contribution in [0, 0.1) is 0 Å². The second kappa shape index (κ2) is 3.77. The fourth-order valence-corrected chi connectivity index (χ4v) is 2.36. The van der Waals surface area contributed by atoms with Gasteiger partial charge in [0.25, 0.3) is 0 Å². The lowest BCUT2D eigenvalue weighted by Crippen LogP contribution is -2.36. The average molecular weight is 197 g/mol. The smallest absolute Gasteiger partial charge is 0.0966 e. The Morgan fingerprint density at radius 2 is 2.43 bits per heavy atom. The molecule has 0 radical (unpaired) electrons. The third kappa shape index (κ3) is 1.59. The quantitative estimate of drug-likeness (QED) is 0.386. The Kier molecular flexibility index (Phi) is 2.63. The second-order valence-corrected chi connectivity index (χ2v) is 4.02. The van der Waals surface area contributed by atoms with Gasteiger partial charge in [0, 0.05) is 17.9 Å². The van der Waals surface area contributed by atoms with Crippen molar-refractivity contribution in [1.82, 2.24) is 0 Å². The van der Waals surface area contributed by atoms with Crippen LogP contribution >= 0.6 is 0 Å². The first-order valence-electron chi connectivity index (χ1n) is 5.07. The highest BCUT2D eigenvalue weighted by Gasteiger charge is 2.47. The van der Waals surface area contributed by atoms with Crippen LogP contribution in [0.5, 0.6) is 0 Å². The maximum Gasteiger partial charge on any atom is 0.0966 e. The summed E-state index contributed by atoms with van der Waals surface area (Å²) in [6.45, 7) is 3.29. The van der Waals surface area contributed by atoms with Gasteiger partial charge in [-0.2, -0.15) is 0 Å². The Balaban J connectivity index is 1.96. The van der Waals surface area contributed by atoms with Gasteiger partial charge in [0.2, 0.25) is 0 Å². The van der Waals surface area contributed by atoms with E-state index in [-0.39, 0.29) is 17.8 Å². The van der Waals surface area contributed by atoms with Crippen molar-refractivity contribution in [2.75, 3.05) is 13.2 Å². The van der Waals surface area contributed by atoms with Crippen molar-refractivity contribution in [2.24, 2.45) is 5.11 Å². The summed E-state index contributed by atoms with van der Waals surface area (Å²) in [6, 6.07) is 0. The maximum atomic E-state index is 8.21. The second-order valence-electron chi connectivity index (χ2n) is 4.02. The van der Waals surface area contributed by atoms with E-state index in [1.807, 2.05) is 0 Å². The van der Waals surface area contributed by atoms with Crippen molar-refractivity contribution in [1.29, 1.82) is 0 Å². The monoisotopic (exact) mass is 197 g/mol. The van der Waals surface area contributed by atoms with Gasteiger partial charge in [-0.25, -0.2) is 0 Å². The van der Waals surface area contributed by atoms with Gasteiger partial charge in [-0.15, -0.1) is 0 Å². The summed E-state index contributed by atoms with van der Waals surface area (Å²) >= 11 is 0. The molecule has 14 heavy (non-hydrogen) atoms. The van der Waals surface area contributed by atoms with Crippen LogP contribution in [-0.2, 0) is 9.47 Å². The molecule has 0 amide bonds. The van der Waals surface area contributed by atoms with E-state index in [4.69, 9.17) is 15.0 Å². The normalized spacial score (nSPS) is 41.5. The highest BCUT2D eigenvalue weighted by Crippen LogP contribution is 2.41. The fraction of sp³-hybridized carbons (Fsp3) is 1.00. The van der Waals surface area contributed by atoms with Crippen molar-refractivity contribution < 1.29 is 9.47 Å². The van der Waals surface area contributed by atoms with Crippen LogP contribution < -0.4 is 0 Å². The van der Waals surface area contributed by atoms with Crippen LogP contribution in [-0.4, -0.2) is 31.0 Å². The number of rotatable bonds is 2. The average Bonchev–Trinajstić information content (AvgIpc) is 2.74. The Bertz CT molecular complexity index is 265. The first-order chi connectivity index (χ1) is 6.77. The van der Waals surface area contributed by atoms with Gasteiger partial charge in [0.05, 0.1) is 24.4 Å². The summed E-state index contributed by atoms with van der Waals surface area (Å²) in [5.41, 5.74) is 8.13. The van der Waals surface area contributed by atoms with Gasteiger partial charge in [0.15, 0.2) is 0 Å². The number of hydrogen-bond donors (Lipinski definition) is 0. The zero-order chi connectivity index (χ0) is 10.0. The molecule has 3 atom stereocenters. The molecule has 2 heterocycles. The van der Waals surface area contributed by atoms with Gasteiger partial charge in [-0.3, -0.25) is 0 Å². The number of ether oxygens (including phenoxy) is 2. The van der Waals surface area contributed by atoms with Gasteiger partial charge in [-0.05, 0) is 25.3 Å². The summed E-state index contributed by atoms with van der Waals surface area (Å²) in [6.07, 6.45) is 3.25. The molecule has 2 aliphatic heterocycles. The molecule has 2 saturated heterocycles. The Morgan fingerprint density at radius 3 is 3.07 bits per heavy atom. The summed E-state index contributed by atoms with van der Waals surface area (Å²) in [5.74, 6) is 0. The molecule has 0 saturated carbocycles. The largest absolute Gasteiger partial charge is 0.375 e. The standard InChI is InChI=1S/C9H15N3O2/c1-7-9(4-5-13-7)3-2-8(14-9)6-11-12-10/h7-8H,2-6H2,1H3/t7-,8+,9+/m0/s1.